The van der Waals surface area contributed by atoms with Crippen LogP contribution in [-0.2, 0) is 4.74 Å². The molecular weight excluding hydrogens is 513 g/mol. The van der Waals surface area contributed by atoms with E-state index in [2.05, 4.69) is 27.4 Å². The van der Waals surface area contributed by atoms with Crippen molar-refractivity contribution in [1.82, 2.24) is 9.97 Å². The van der Waals surface area contributed by atoms with Crippen molar-refractivity contribution in [3.63, 3.8) is 0 Å². The Morgan fingerprint density at radius 3 is 2.73 bits per heavy atom. The largest absolute Gasteiger partial charge is 0.468 e. The quantitative estimate of drug-likeness (QED) is 0.211. The number of nitrogens with one attached hydrogen (secondary N) is 1. The number of pyridine rings is 1. The fourth-order valence-corrected chi connectivity index (χ4v) is 5.59. The van der Waals surface area contributed by atoms with Gasteiger partial charge in [0.25, 0.3) is 5.91 Å². The lowest BCUT2D eigenvalue weighted by Gasteiger charge is -2.04. The summed E-state index contributed by atoms with van der Waals surface area (Å²) in [5, 5.41) is 3.37. The highest BCUT2D eigenvalue weighted by Gasteiger charge is 2.17. The second-order valence-electron chi connectivity index (χ2n) is 6.11. The number of thiazole rings is 1. The molecule has 2 heterocycles. The maximum Gasteiger partial charge on any atom is 0.359 e. The van der Waals surface area contributed by atoms with Crippen LogP contribution in [0.25, 0.3) is 10.2 Å². The van der Waals surface area contributed by atoms with Gasteiger partial charge in [0.05, 0.1) is 16.4 Å². The minimum absolute atomic E-state index is 0.207. The average molecular weight is 532 g/mol. The highest BCUT2D eigenvalue weighted by molar-refractivity contribution is 7.22. The number of nitrogens with zero attached hydrogens (tertiary/aromatic N) is 2. The third-order valence-corrected chi connectivity index (χ3v) is 7.54. The van der Waals surface area contributed by atoms with Crippen LogP contribution in [0.4, 0.5) is 5.13 Å². The van der Waals surface area contributed by atoms with Gasteiger partial charge in [-0.2, -0.15) is 0 Å². The van der Waals surface area contributed by atoms with E-state index in [0.717, 1.165) is 13.8 Å². The molecule has 0 bridgehead atoms. The number of amides is 1. The van der Waals surface area contributed by atoms with Crippen LogP contribution >= 0.6 is 11.3 Å². The van der Waals surface area contributed by atoms with E-state index in [1.165, 1.54) is 14.9 Å². The molecule has 0 atom stereocenters. The molecule has 6 nitrogen and oxygen atoms in total. The second kappa shape index (κ2) is 9.96. The number of anilines is 1. The monoisotopic (exact) mass is 532 g/mol. The van der Waals surface area contributed by atoms with Crippen LogP contribution in [0.3, 0.4) is 0 Å². The number of hydrogen-bond acceptors (Lipinski definition) is 6. The van der Waals surface area contributed by atoms with E-state index in [1.807, 2.05) is 49.4 Å². The van der Waals surface area contributed by atoms with E-state index in [4.69, 9.17) is 9.47 Å². The Kier molecular flexibility index (Phi) is 6.88. The molecule has 0 aliphatic rings. The van der Waals surface area contributed by atoms with Crippen LogP contribution in [0.2, 0.25) is 0 Å². The molecule has 0 unspecified atom stereocenters. The van der Waals surface area contributed by atoms with Crippen molar-refractivity contribution >= 4 is 32.6 Å². The first kappa shape index (κ1) is 20.7. The van der Waals surface area contributed by atoms with E-state index in [1.54, 1.807) is 12.3 Å². The fraction of sp³-hybridized carbons (Fsp3) is 0.136. The maximum absolute atomic E-state index is 12.6. The lowest BCUT2D eigenvalue weighted by Crippen LogP contribution is -3.61. The van der Waals surface area contributed by atoms with Gasteiger partial charge >= 0.3 is 21.2 Å². The van der Waals surface area contributed by atoms with Crippen LogP contribution in [0.15, 0.2) is 66.9 Å². The van der Waals surface area contributed by atoms with Gasteiger partial charge in [-0.25, -0.2) is 9.97 Å². The summed E-state index contributed by atoms with van der Waals surface area (Å²) in [6.45, 7) is 2.72. The summed E-state index contributed by atoms with van der Waals surface area (Å²) in [6, 6.07) is 19.7. The van der Waals surface area contributed by atoms with Crippen LogP contribution in [0.1, 0.15) is 17.4 Å². The van der Waals surface area contributed by atoms with Gasteiger partial charge in [0.15, 0.2) is 15.5 Å². The zero-order chi connectivity index (χ0) is 20.8. The molecule has 1 amide bonds. The molecule has 4 aromatic rings. The van der Waals surface area contributed by atoms with E-state index < -0.39 is 0 Å². The van der Waals surface area contributed by atoms with Crippen LogP contribution < -0.4 is 31.3 Å². The van der Waals surface area contributed by atoms with Crippen LogP contribution in [0.5, 0.6) is 5.75 Å². The molecule has 0 aliphatic heterocycles. The molecule has 2 aromatic heterocycles. The summed E-state index contributed by atoms with van der Waals surface area (Å²) in [5.41, 5.74) is 1.17. The summed E-state index contributed by atoms with van der Waals surface area (Å²) in [6.07, 6.45) is 1.79. The molecule has 0 saturated heterocycles. The van der Waals surface area contributed by atoms with Crippen molar-refractivity contribution in [2.24, 2.45) is 0 Å². The number of benzene rings is 2. The standard InChI is InChI=1S/C22H18IN3O3S/c1-2-28-14-29-17-9-11-18-20(12-17)30-22(25-18)26-21(27)19-10-8-16(13-24-19)23-15-6-4-3-5-7-15/h3-13H,2,14H2,1H3/p+1. The van der Waals surface area contributed by atoms with Crippen LogP contribution in [0, 0.1) is 7.14 Å². The predicted octanol–water partition coefficient (Wildman–Crippen LogP) is 1.44. The highest BCUT2D eigenvalue weighted by Crippen LogP contribution is 2.29. The van der Waals surface area contributed by atoms with Gasteiger partial charge in [-0.3, -0.25) is 10.1 Å². The van der Waals surface area contributed by atoms with Crippen molar-refractivity contribution in [3.05, 3.63) is 79.7 Å². The lowest BCUT2D eigenvalue weighted by molar-refractivity contribution is -0.597. The smallest absolute Gasteiger partial charge is 0.359 e. The van der Waals surface area contributed by atoms with Crippen molar-refractivity contribution in [2.75, 3.05) is 18.7 Å². The molecule has 30 heavy (non-hydrogen) atoms. The van der Waals surface area contributed by atoms with E-state index in [-0.39, 0.29) is 33.9 Å². The number of halogens is 1. The van der Waals surface area contributed by atoms with E-state index in [9.17, 15) is 4.79 Å². The first-order valence-electron chi connectivity index (χ1n) is 9.29. The zero-order valence-electron chi connectivity index (χ0n) is 16.2. The number of fused-ring (bicyclic) bond motifs is 1. The fourth-order valence-electron chi connectivity index (χ4n) is 2.57. The zero-order valence-corrected chi connectivity index (χ0v) is 19.1. The number of carbonyl (C=O) groups is 1. The van der Waals surface area contributed by atoms with Gasteiger partial charge < -0.3 is 9.47 Å². The topological polar surface area (TPSA) is 73.3 Å². The van der Waals surface area contributed by atoms with Crippen molar-refractivity contribution in [1.29, 1.82) is 0 Å². The van der Waals surface area contributed by atoms with Gasteiger partial charge in [0, 0.05) is 6.61 Å². The Morgan fingerprint density at radius 2 is 1.97 bits per heavy atom. The summed E-state index contributed by atoms with van der Waals surface area (Å²) in [5.74, 6) is 0.433. The molecule has 4 rings (SSSR count). The predicted molar refractivity (Wildman–Crippen MR) is 113 cm³/mol. The third-order valence-electron chi connectivity index (χ3n) is 4.00. The Bertz CT molecular complexity index is 1130. The number of hydrogen-bond donors (Lipinski definition) is 1. The van der Waals surface area contributed by atoms with Gasteiger partial charge in [0.1, 0.15) is 11.4 Å². The van der Waals surface area contributed by atoms with Crippen molar-refractivity contribution < 1.29 is 35.5 Å². The summed E-state index contributed by atoms with van der Waals surface area (Å²) in [4.78, 5) is 21.4. The van der Waals surface area contributed by atoms with Gasteiger partial charge in [-0.1, -0.05) is 29.5 Å². The second-order valence-corrected chi connectivity index (χ2v) is 10.2. The van der Waals surface area contributed by atoms with Gasteiger partial charge in [0.2, 0.25) is 3.57 Å². The van der Waals surface area contributed by atoms with Gasteiger partial charge in [-0.15, -0.1) is 0 Å². The molecule has 2 aromatic carbocycles. The molecule has 152 valence electrons. The normalized spacial score (nSPS) is 10.8. The molecule has 0 aliphatic carbocycles. The van der Waals surface area contributed by atoms with Crippen LogP contribution in [-0.4, -0.2) is 29.3 Å². The Hall–Kier alpha value is -2.56. The highest BCUT2D eigenvalue weighted by atomic mass is 127. The number of rotatable bonds is 8. The number of carbonyl (C=O) groups excluding carboxylic acids is 1. The SMILES string of the molecule is CCOCOc1ccc2nc(NC(=O)c3ccc([I+]c4ccccc4)cn3)sc2c1. The van der Waals surface area contributed by atoms with E-state index in [0.29, 0.717) is 23.2 Å². The lowest BCUT2D eigenvalue weighted by atomic mass is 10.3. The molecule has 0 radical (unpaired) electrons. The Labute approximate surface area is 188 Å². The van der Waals surface area contributed by atoms with Gasteiger partial charge in [-0.05, 0) is 49.4 Å². The Morgan fingerprint density at radius 1 is 1.10 bits per heavy atom. The minimum Gasteiger partial charge on any atom is -0.468 e. The molecule has 0 saturated carbocycles. The first-order valence-corrected chi connectivity index (χ1v) is 12.3. The number of ether oxygens (including phenoxy) is 2. The van der Waals surface area contributed by atoms with Crippen molar-refractivity contribution in [2.45, 2.75) is 6.92 Å². The third kappa shape index (κ3) is 5.32. The minimum atomic E-state index is -0.302. The molecular formula is C22H19IN3O3S+. The summed E-state index contributed by atoms with van der Waals surface area (Å²) < 4.78 is 14.1. The maximum atomic E-state index is 12.6. The molecule has 8 heteroatoms. The van der Waals surface area contributed by atoms with E-state index >= 15 is 0 Å². The molecule has 0 spiro atoms. The summed E-state index contributed by atoms with van der Waals surface area (Å²) >= 11 is 1.09. The van der Waals surface area contributed by atoms with Crippen molar-refractivity contribution in [3.8, 4) is 5.75 Å². The molecule has 0 fully saturated rings. The summed E-state index contributed by atoms with van der Waals surface area (Å²) in [7, 11) is 0. The molecule has 1 N–H and O–H groups in total. The average Bonchev–Trinajstić information content (AvgIpc) is 3.16. The Balaban J connectivity index is 1.41. The first-order chi connectivity index (χ1) is 14.7. The number of aromatic nitrogens is 2.